The van der Waals surface area contributed by atoms with Crippen molar-refractivity contribution in [2.24, 2.45) is 0 Å². The topological polar surface area (TPSA) is 156 Å². The number of hydrogen-bond acceptors (Lipinski definition) is 10. The number of hydrogen-bond donors (Lipinski definition) is 0. The van der Waals surface area contributed by atoms with Crippen LogP contribution in [0.4, 0.5) is 11.4 Å². The highest BCUT2D eigenvalue weighted by atomic mass is 16.6. The summed E-state index contributed by atoms with van der Waals surface area (Å²) in [6.07, 6.45) is 6.19. The quantitative estimate of drug-likeness (QED) is 0.195. The van der Waals surface area contributed by atoms with Crippen molar-refractivity contribution in [2.75, 3.05) is 0 Å². The molecule has 0 aliphatic heterocycles. The van der Waals surface area contributed by atoms with Gasteiger partial charge in [-0.25, -0.2) is 0 Å². The SMILES string of the molecule is CC1(C)CC2(CC(C)(C)c3ccc(Oc4ncc([N+](=O)[O-])cn4)cc32)c2cc(Oc3ncc([N+](=O)[O-])cn3)ccc21. The van der Waals surface area contributed by atoms with Crippen molar-refractivity contribution >= 4 is 11.4 Å². The molecule has 2 aromatic heterocycles. The number of nitro groups is 2. The standard InChI is InChI=1S/C29H26N6O6/c1-27(2)15-29(23-9-19(5-7-21(23)27)40-25-30-11-17(12-31-25)34(36)37)16-28(3,4)22-8-6-20(10-24(22)29)41-26-32-13-18(14-33-26)35(38)39/h5-14H,15-16H2,1-4H3. The smallest absolute Gasteiger partial charge is 0.322 e. The Morgan fingerprint density at radius 2 is 1.00 bits per heavy atom. The highest BCUT2D eigenvalue weighted by molar-refractivity contribution is 5.62. The molecule has 2 heterocycles. The van der Waals surface area contributed by atoms with E-state index in [0.717, 1.165) is 48.8 Å². The molecule has 1 spiro atoms. The average molecular weight is 555 g/mol. The van der Waals surface area contributed by atoms with Gasteiger partial charge in [0.2, 0.25) is 0 Å². The van der Waals surface area contributed by atoms with Gasteiger partial charge in [-0.2, -0.15) is 19.9 Å². The van der Waals surface area contributed by atoms with Crippen LogP contribution in [0.5, 0.6) is 23.5 Å². The predicted octanol–water partition coefficient (Wildman–Crippen LogP) is 6.32. The molecular weight excluding hydrogens is 528 g/mol. The lowest BCUT2D eigenvalue weighted by Gasteiger charge is -2.30. The molecule has 0 radical (unpaired) electrons. The molecule has 0 saturated carbocycles. The van der Waals surface area contributed by atoms with Gasteiger partial charge in [0.05, 0.1) is 9.85 Å². The zero-order valence-electron chi connectivity index (χ0n) is 22.8. The lowest BCUT2D eigenvalue weighted by molar-refractivity contribution is -0.385. The number of fused-ring (bicyclic) bond motifs is 4. The Morgan fingerprint density at radius 1 is 0.634 bits per heavy atom. The minimum atomic E-state index is -0.559. The van der Waals surface area contributed by atoms with Crippen LogP contribution in [0, 0.1) is 20.2 Å². The Labute approximate surface area is 234 Å². The van der Waals surface area contributed by atoms with E-state index in [-0.39, 0.29) is 39.6 Å². The molecule has 0 N–H and O–H groups in total. The third kappa shape index (κ3) is 4.41. The van der Waals surface area contributed by atoms with Crippen LogP contribution in [0.3, 0.4) is 0 Å². The van der Waals surface area contributed by atoms with Gasteiger partial charge in [-0.05, 0) is 70.2 Å². The summed E-state index contributed by atoms with van der Waals surface area (Å²) in [7, 11) is 0. The first-order valence-corrected chi connectivity index (χ1v) is 13.0. The van der Waals surface area contributed by atoms with Crippen LogP contribution in [0.1, 0.15) is 62.8 Å². The van der Waals surface area contributed by atoms with Gasteiger partial charge in [0.15, 0.2) is 0 Å². The van der Waals surface area contributed by atoms with Crippen LogP contribution in [0.2, 0.25) is 0 Å². The monoisotopic (exact) mass is 554 g/mol. The van der Waals surface area contributed by atoms with Crippen molar-refractivity contribution in [1.29, 1.82) is 0 Å². The molecule has 0 saturated heterocycles. The van der Waals surface area contributed by atoms with Crippen LogP contribution in [-0.2, 0) is 16.2 Å². The molecule has 0 bridgehead atoms. The van der Waals surface area contributed by atoms with Crippen LogP contribution in [-0.4, -0.2) is 29.8 Å². The molecule has 12 nitrogen and oxygen atoms in total. The molecule has 208 valence electrons. The summed E-state index contributed by atoms with van der Waals surface area (Å²) < 4.78 is 11.9. The molecular formula is C29H26N6O6. The van der Waals surface area contributed by atoms with Gasteiger partial charge in [-0.1, -0.05) is 39.8 Å². The Hall–Kier alpha value is -5.00. The molecule has 0 unspecified atom stereocenters. The highest BCUT2D eigenvalue weighted by Gasteiger charge is 2.56. The Bertz CT molecular complexity index is 1580. The summed E-state index contributed by atoms with van der Waals surface area (Å²) in [5.41, 5.74) is 3.66. The average Bonchev–Trinajstić information content (AvgIpc) is 3.28. The highest BCUT2D eigenvalue weighted by Crippen LogP contribution is 2.63. The minimum absolute atomic E-state index is 0.0211. The molecule has 6 rings (SSSR count). The van der Waals surface area contributed by atoms with Gasteiger partial charge in [0, 0.05) is 5.41 Å². The second-order valence-corrected chi connectivity index (χ2v) is 11.8. The van der Waals surface area contributed by atoms with E-state index in [1.54, 1.807) is 0 Å². The van der Waals surface area contributed by atoms with Gasteiger partial charge in [0.25, 0.3) is 0 Å². The Balaban J connectivity index is 1.40. The van der Waals surface area contributed by atoms with E-state index in [9.17, 15) is 20.2 Å². The van der Waals surface area contributed by atoms with Crippen molar-refractivity contribution in [1.82, 2.24) is 19.9 Å². The lowest BCUT2D eigenvalue weighted by atomic mass is 9.72. The minimum Gasteiger partial charge on any atom is -0.424 e. The molecule has 2 aliphatic carbocycles. The molecule has 2 aromatic carbocycles. The van der Waals surface area contributed by atoms with E-state index in [2.05, 4.69) is 59.8 Å². The summed E-state index contributed by atoms with van der Waals surface area (Å²) >= 11 is 0. The maximum atomic E-state index is 11.0. The Morgan fingerprint density at radius 3 is 1.34 bits per heavy atom. The molecule has 12 heteroatoms. The predicted molar refractivity (Wildman–Crippen MR) is 146 cm³/mol. The number of benzene rings is 2. The third-order valence-corrected chi connectivity index (χ3v) is 8.03. The summed E-state index contributed by atoms with van der Waals surface area (Å²) in [5, 5.41) is 21.9. The summed E-state index contributed by atoms with van der Waals surface area (Å²) in [5.74, 6) is 1.07. The van der Waals surface area contributed by atoms with Gasteiger partial charge in [-0.3, -0.25) is 20.2 Å². The van der Waals surface area contributed by atoms with Crippen LogP contribution in [0.25, 0.3) is 0 Å². The first kappa shape index (κ1) is 26.2. The third-order valence-electron chi connectivity index (χ3n) is 8.03. The van der Waals surface area contributed by atoms with E-state index in [1.165, 1.54) is 11.1 Å². The van der Waals surface area contributed by atoms with Crippen molar-refractivity contribution in [2.45, 2.75) is 56.8 Å². The fourth-order valence-corrected chi connectivity index (χ4v) is 6.56. The van der Waals surface area contributed by atoms with Crippen LogP contribution in [0.15, 0.2) is 61.2 Å². The van der Waals surface area contributed by atoms with E-state index < -0.39 is 9.85 Å². The zero-order valence-corrected chi connectivity index (χ0v) is 22.8. The van der Waals surface area contributed by atoms with Crippen molar-refractivity contribution < 1.29 is 19.3 Å². The second kappa shape index (κ2) is 9.01. The summed E-state index contributed by atoms with van der Waals surface area (Å²) in [6, 6.07) is 12.0. The molecule has 4 aromatic rings. The fraction of sp³-hybridized carbons (Fsp3) is 0.310. The van der Waals surface area contributed by atoms with E-state index in [1.807, 2.05) is 24.3 Å². The lowest BCUT2D eigenvalue weighted by Crippen LogP contribution is -2.27. The molecule has 0 amide bonds. The number of aromatic nitrogens is 4. The van der Waals surface area contributed by atoms with Crippen molar-refractivity contribution in [3.63, 3.8) is 0 Å². The van der Waals surface area contributed by atoms with E-state index in [4.69, 9.17) is 9.47 Å². The number of nitrogens with zero attached hydrogens (tertiary/aromatic N) is 6. The van der Waals surface area contributed by atoms with Gasteiger partial charge in [-0.15, -0.1) is 0 Å². The molecule has 41 heavy (non-hydrogen) atoms. The van der Waals surface area contributed by atoms with Gasteiger partial charge in [0.1, 0.15) is 36.3 Å². The van der Waals surface area contributed by atoms with Crippen LogP contribution >= 0.6 is 0 Å². The van der Waals surface area contributed by atoms with Crippen LogP contribution < -0.4 is 9.47 Å². The maximum absolute atomic E-state index is 11.0. The zero-order chi connectivity index (χ0) is 29.2. The first-order valence-electron chi connectivity index (χ1n) is 13.0. The molecule has 2 aliphatic rings. The normalized spacial score (nSPS) is 17.1. The maximum Gasteiger partial charge on any atom is 0.322 e. The van der Waals surface area contributed by atoms with Crippen molar-refractivity contribution in [3.05, 3.63) is 104 Å². The van der Waals surface area contributed by atoms with E-state index in [0.29, 0.717) is 11.5 Å². The molecule has 0 atom stereocenters. The van der Waals surface area contributed by atoms with E-state index >= 15 is 0 Å². The van der Waals surface area contributed by atoms with Crippen molar-refractivity contribution in [3.8, 4) is 23.5 Å². The fourth-order valence-electron chi connectivity index (χ4n) is 6.56. The summed E-state index contributed by atoms with van der Waals surface area (Å²) in [4.78, 5) is 36.8. The van der Waals surface area contributed by atoms with Gasteiger partial charge >= 0.3 is 23.4 Å². The second-order valence-electron chi connectivity index (χ2n) is 11.8. The number of ether oxygens (including phenoxy) is 2. The van der Waals surface area contributed by atoms with Gasteiger partial charge < -0.3 is 9.47 Å². The Kier molecular flexibility index (Phi) is 5.77. The first-order chi connectivity index (χ1) is 19.4. The molecule has 0 fully saturated rings. The largest absolute Gasteiger partial charge is 0.424 e. The summed E-state index contributed by atoms with van der Waals surface area (Å²) in [6.45, 7) is 8.93. The number of rotatable bonds is 6.